The molecule has 2 fully saturated rings. The summed E-state index contributed by atoms with van der Waals surface area (Å²) in [7, 11) is 1.63. The molecule has 39 heavy (non-hydrogen) atoms. The zero-order chi connectivity index (χ0) is 27.4. The lowest BCUT2D eigenvalue weighted by Crippen LogP contribution is -2.46. The highest BCUT2D eigenvalue weighted by Crippen LogP contribution is 2.28. The van der Waals surface area contributed by atoms with Gasteiger partial charge in [0.15, 0.2) is 0 Å². The van der Waals surface area contributed by atoms with Crippen LogP contribution in [0.2, 0.25) is 0 Å². The number of carbonyl (C=O) groups is 2. The van der Waals surface area contributed by atoms with Gasteiger partial charge in [-0.1, -0.05) is 36.4 Å². The number of halogens is 1. The molecule has 2 N–H and O–H groups in total. The van der Waals surface area contributed by atoms with Crippen molar-refractivity contribution in [3.05, 3.63) is 71.4 Å². The van der Waals surface area contributed by atoms with Crippen LogP contribution in [0.5, 0.6) is 0 Å². The monoisotopic (exact) mass is 528 g/mol. The third-order valence-electron chi connectivity index (χ3n) is 7.65. The van der Waals surface area contributed by atoms with Gasteiger partial charge in [0.1, 0.15) is 12.2 Å². The zero-order valence-corrected chi connectivity index (χ0v) is 22.1. The lowest BCUT2D eigenvalue weighted by Gasteiger charge is -2.33. The summed E-state index contributed by atoms with van der Waals surface area (Å²) in [6, 6.07) is 19.4. The fourth-order valence-corrected chi connectivity index (χ4v) is 5.54. The van der Waals surface area contributed by atoms with Crippen molar-refractivity contribution in [3.63, 3.8) is 0 Å². The number of amides is 2. The van der Waals surface area contributed by atoms with Gasteiger partial charge in [0, 0.05) is 50.1 Å². The van der Waals surface area contributed by atoms with Gasteiger partial charge in [0.25, 0.3) is 5.91 Å². The number of anilines is 1. The summed E-state index contributed by atoms with van der Waals surface area (Å²) in [4.78, 5) is 33.9. The van der Waals surface area contributed by atoms with Crippen LogP contribution in [0.15, 0.2) is 54.6 Å². The SMILES string of the molecule is CNC(=O)c1cc2c(NC3CCN(CC(=O)N4C[C@@H](F)C[C@H]4C#N)CC3)cccc2nc1Cc1ccccc1. The highest BCUT2D eigenvalue weighted by molar-refractivity contribution is 6.01. The number of carbonyl (C=O) groups excluding carboxylic acids is 2. The number of nitrogens with zero attached hydrogens (tertiary/aromatic N) is 4. The first-order chi connectivity index (χ1) is 18.9. The molecular weight excluding hydrogens is 495 g/mol. The molecule has 1 aromatic heterocycles. The molecule has 0 spiro atoms. The molecule has 0 bridgehead atoms. The van der Waals surface area contributed by atoms with Crippen molar-refractivity contribution in [1.29, 1.82) is 5.26 Å². The molecule has 3 heterocycles. The summed E-state index contributed by atoms with van der Waals surface area (Å²) in [6.07, 6.45) is 1.20. The van der Waals surface area contributed by atoms with Gasteiger partial charge in [0.2, 0.25) is 5.91 Å². The zero-order valence-electron chi connectivity index (χ0n) is 22.1. The van der Waals surface area contributed by atoms with E-state index >= 15 is 0 Å². The molecule has 0 saturated carbocycles. The summed E-state index contributed by atoms with van der Waals surface area (Å²) in [6.45, 7) is 1.66. The van der Waals surface area contributed by atoms with Crippen LogP contribution in [0, 0.1) is 11.3 Å². The normalized spacial score (nSPS) is 20.1. The molecule has 0 aliphatic carbocycles. The molecule has 202 valence electrons. The van der Waals surface area contributed by atoms with E-state index in [9.17, 15) is 19.2 Å². The van der Waals surface area contributed by atoms with Crippen LogP contribution >= 0.6 is 0 Å². The maximum atomic E-state index is 13.7. The Morgan fingerprint density at radius 2 is 1.90 bits per heavy atom. The Kier molecular flexibility index (Phi) is 8.03. The van der Waals surface area contributed by atoms with Gasteiger partial charge in [-0.25, -0.2) is 4.39 Å². The third kappa shape index (κ3) is 6.02. The fourth-order valence-electron chi connectivity index (χ4n) is 5.54. The minimum Gasteiger partial charge on any atom is -0.382 e. The molecule has 8 nitrogen and oxygen atoms in total. The van der Waals surface area contributed by atoms with Crippen molar-refractivity contribution in [2.24, 2.45) is 0 Å². The van der Waals surface area contributed by atoms with E-state index in [4.69, 9.17) is 4.98 Å². The maximum absolute atomic E-state index is 13.7. The Morgan fingerprint density at radius 1 is 1.13 bits per heavy atom. The number of alkyl halides is 1. The Bertz CT molecular complexity index is 1380. The van der Waals surface area contributed by atoms with Crippen LogP contribution in [0.3, 0.4) is 0 Å². The summed E-state index contributed by atoms with van der Waals surface area (Å²) in [5, 5.41) is 16.5. The lowest BCUT2D eigenvalue weighted by molar-refractivity contribution is -0.132. The molecule has 2 aliphatic heterocycles. The van der Waals surface area contributed by atoms with Gasteiger partial charge >= 0.3 is 0 Å². The molecule has 9 heteroatoms. The first kappa shape index (κ1) is 26.6. The van der Waals surface area contributed by atoms with Gasteiger partial charge in [-0.2, -0.15) is 5.26 Å². The van der Waals surface area contributed by atoms with E-state index in [-0.39, 0.29) is 37.4 Å². The number of rotatable bonds is 7. The predicted octanol–water partition coefficient (Wildman–Crippen LogP) is 3.52. The number of pyridine rings is 1. The van der Waals surface area contributed by atoms with Crippen LogP contribution in [0.1, 0.15) is 40.9 Å². The number of hydrogen-bond acceptors (Lipinski definition) is 6. The molecule has 5 rings (SSSR count). The van der Waals surface area contributed by atoms with Crippen molar-refractivity contribution in [2.45, 2.75) is 43.9 Å². The highest BCUT2D eigenvalue weighted by atomic mass is 19.1. The summed E-state index contributed by atoms with van der Waals surface area (Å²) in [5.41, 5.74) is 4.13. The van der Waals surface area contributed by atoms with E-state index < -0.39 is 12.2 Å². The van der Waals surface area contributed by atoms with Crippen LogP contribution in [0.4, 0.5) is 10.1 Å². The standard InChI is InChI=1S/C30H33FN6O2/c1-33-30(39)25-16-24-26(8-5-9-27(24)35-28(25)14-20-6-3-2-4-7-20)34-22-10-12-36(13-11-22)19-29(38)37-18-21(31)15-23(37)17-32/h2-9,16,21-23,34H,10-15,18-19H2,1H3,(H,33,39)/t21-,23-/m0/s1. The molecular formula is C30H33FN6O2. The van der Waals surface area contributed by atoms with E-state index in [1.807, 2.05) is 60.7 Å². The Labute approximate surface area is 227 Å². The number of piperidine rings is 1. The Hall–Kier alpha value is -4.03. The smallest absolute Gasteiger partial charge is 0.252 e. The number of fused-ring (bicyclic) bond motifs is 1. The number of benzene rings is 2. The second-order valence-electron chi connectivity index (χ2n) is 10.3. The quantitative estimate of drug-likeness (QED) is 0.487. The summed E-state index contributed by atoms with van der Waals surface area (Å²) >= 11 is 0. The summed E-state index contributed by atoms with van der Waals surface area (Å²) in [5.74, 6) is -0.347. The molecule has 0 unspecified atom stereocenters. The van der Waals surface area contributed by atoms with Crippen LogP contribution in [0.25, 0.3) is 10.9 Å². The van der Waals surface area contributed by atoms with E-state index in [1.54, 1.807) is 7.05 Å². The second kappa shape index (κ2) is 11.8. The number of nitrogens with one attached hydrogen (secondary N) is 2. The van der Waals surface area contributed by atoms with Crippen LogP contribution in [-0.2, 0) is 11.2 Å². The largest absolute Gasteiger partial charge is 0.382 e. The van der Waals surface area contributed by atoms with Crippen molar-refractivity contribution < 1.29 is 14.0 Å². The fraction of sp³-hybridized carbons (Fsp3) is 0.400. The number of aromatic nitrogens is 1. The molecule has 2 aliphatic rings. The lowest BCUT2D eigenvalue weighted by atomic mass is 10.0. The van der Waals surface area contributed by atoms with Gasteiger partial charge < -0.3 is 15.5 Å². The number of nitriles is 1. The molecule has 0 radical (unpaired) electrons. The van der Waals surface area contributed by atoms with Gasteiger partial charge in [0.05, 0.1) is 35.9 Å². The van der Waals surface area contributed by atoms with Gasteiger partial charge in [-0.3, -0.25) is 19.5 Å². The first-order valence-corrected chi connectivity index (χ1v) is 13.5. The van der Waals surface area contributed by atoms with Crippen molar-refractivity contribution in [2.75, 3.05) is 38.5 Å². The van der Waals surface area contributed by atoms with Crippen molar-refractivity contribution >= 4 is 28.4 Å². The van der Waals surface area contributed by atoms with Gasteiger partial charge in [-0.05, 0) is 36.6 Å². The maximum Gasteiger partial charge on any atom is 0.252 e. The topological polar surface area (TPSA) is 101 Å². The average molecular weight is 529 g/mol. The van der Waals surface area contributed by atoms with E-state index in [1.165, 1.54) is 4.90 Å². The minimum atomic E-state index is -1.12. The Balaban J connectivity index is 1.27. The number of hydrogen-bond donors (Lipinski definition) is 2. The van der Waals surface area contributed by atoms with Crippen LogP contribution in [-0.4, -0.2) is 78.1 Å². The van der Waals surface area contributed by atoms with Gasteiger partial charge in [-0.15, -0.1) is 0 Å². The Morgan fingerprint density at radius 3 is 2.62 bits per heavy atom. The van der Waals surface area contributed by atoms with E-state index in [0.29, 0.717) is 12.0 Å². The molecule has 2 saturated heterocycles. The molecule has 2 amide bonds. The molecule has 2 atom stereocenters. The average Bonchev–Trinajstić information content (AvgIpc) is 3.35. The molecule has 2 aromatic carbocycles. The van der Waals surface area contributed by atoms with Crippen molar-refractivity contribution in [3.8, 4) is 6.07 Å². The third-order valence-corrected chi connectivity index (χ3v) is 7.65. The molecule has 3 aromatic rings. The first-order valence-electron chi connectivity index (χ1n) is 13.5. The number of likely N-dealkylation sites (tertiary alicyclic amines) is 2. The predicted molar refractivity (Wildman–Crippen MR) is 148 cm³/mol. The van der Waals surface area contributed by atoms with E-state index in [0.717, 1.165) is 53.8 Å². The second-order valence-corrected chi connectivity index (χ2v) is 10.3. The van der Waals surface area contributed by atoms with Crippen LogP contribution < -0.4 is 10.6 Å². The summed E-state index contributed by atoms with van der Waals surface area (Å²) < 4.78 is 13.7. The van der Waals surface area contributed by atoms with Crippen molar-refractivity contribution in [1.82, 2.24) is 20.1 Å². The van der Waals surface area contributed by atoms with E-state index in [2.05, 4.69) is 15.5 Å². The minimum absolute atomic E-state index is 0.00923. The highest BCUT2D eigenvalue weighted by Gasteiger charge is 2.36.